The number of aldehydes is 1. The maximum absolute atomic E-state index is 10.4. The lowest BCUT2D eigenvalue weighted by Crippen LogP contribution is -2.52. The molecule has 80 valence electrons. The molecular weight excluding hydrogens is 176 g/mol. The number of hydrogen-bond donors (Lipinski definition) is 0. The van der Waals surface area contributed by atoms with Gasteiger partial charge in [-0.05, 0) is 38.8 Å². The predicted octanol–water partition coefficient (Wildman–Crippen LogP) is 0.601. The average molecular weight is 196 g/mol. The maximum Gasteiger partial charge on any atom is 0.133 e. The van der Waals surface area contributed by atoms with Crippen LogP contribution in [0.25, 0.3) is 0 Å². The molecule has 0 saturated carbocycles. The van der Waals surface area contributed by atoms with Gasteiger partial charge in [-0.3, -0.25) is 4.90 Å². The monoisotopic (exact) mass is 196 g/mol. The second-order valence-corrected chi connectivity index (χ2v) is 4.67. The van der Waals surface area contributed by atoms with Gasteiger partial charge in [0.1, 0.15) is 6.29 Å². The highest BCUT2D eigenvalue weighted by atomic mass is 16.1. The number of carbonyl (C=O) groups excluding carboxylic acids is 1. The van der Waals surface area contributed by atoms with Crippen molar-refractivity contribution in [2.45, 2.75) is 25.3 Å². The summed E-state index contributed by atoms with van der Waals surface area (Å²) >= 11 is 0. The first-order chi connectivity index (χ1) is 6.81. The minimum Gasteiger partial charge on any atom is -0.303 e. The summed E-state index contributed by atoms with van der Waals surface area (Å²) in [4.78, 5) is 15.3. The van der Waals surface area contributed by atoms with Crippen LogP contribution in [-0.4, -0.2) is 55.4 Å². The summed E-state index contributed by atoms with van der Waals surface area (Å²) in [6.07, 6.45) is 4.96. The molecule has 14 heavy (non-hydrogen) atoms. The molecule has 2 fully saturated rings. The molecule has 0 aromatic rings. The van der Waals surface area contributed by atoms with E-state index < -0.39 is 0 Å². The lowest BCUT2D eigenvalue weighted by molar-refractivity contribution is -0.109. The van der Waals surface area contributed by atoms with Gasteiger partial charge in [0.2, 0.25) is 0 Å². The van der Waals surface area contributed by atoms with Gasteiger partial charge >= 0.3 is 0 Å². The third kappa shape index (κ3) is 1.98. The third-order valence-corrected chi connectivity index (χ3v) is 3.76. The summed E-state index contributed by atoms with van der Waals surface area (Å²) in [5.74, 6) is 0.808. The van der Waals surface area contributed by atoms with Gasteiger partial charge in [0.05, 0.1) is 6.54 Å². The first-order valence-corrected chi connectivity index (χ1v) is 5.67. The number of nitrogens with zero attached hydrogens (tertiary/aromatic N) is 2. The molecule has 0 bridgehead atoms. The lowest BCUT2D eigenvalue weighted by Gasteiger charge is -2.45. The molecule has 3 nitrogen and oxygen atoms in total. The Morgan fingerprint density at radius 3 is 3.00 bits per heavy atom. The summed E-state index contributed by atoms with van der Waals surface area (Å²) in [5.41, 5.74) is 0. The lowest BCUT2D eigenvalue weighted by atomic mass is 9.84. The fraction of sp³-hybridized carbons (Fsp3) is 0.909. The van der Waals surface area contributed by atoms with E-state index in [0.717, 1.165) is 31.3 Å². The Morgan fingerprint density at radius 2 is 2.21 bits per heavy atom. The second kappa shape index (κ2) is 4.41. The Kier molecular flexibility index (Phi) is 3.19. The van der Waals surface area contributed by atoms with E-state index >= 15 is 0 Å². The van der Waals surface area contributed by atoms with Crippen LogP contribution in [0.2, 0.25) is 0 Å². The Labute approximate surface area is 86.1 Å². The highest BCUT2D eigenvalue weighted by Crippen LogP contribution is 2.29. The van der Waals surface area contributed by atoms with Gasteiger partial charge in [0.15, 0.2) is 0 Å². The number of piperidine rings is 2. The zero-order valence-electron chi connectivity index (χ0n) is 8.98. The van der Waals surface area contributed by atoms with Gasteiger partial charge in [0, 0.05) is 19.1 Å². The average Bonchev–Trinajstić information content (AvgIpc) is 2.18. The van der Waals surface area contributed by atoms with Gasteiger partial charge in [-0.2, -0.15) is 0 Å². The van der Waals surface area contributed by atoms with Crippen LogP contribution in [-0.2, 0) is 4.79 Å². The van der Waals surface area contributed by atoms with Gasteiger partial charge in [-0.25, -0.2) is 0 Å². The maximum atomic E-state index is 10.4. The number of hydrogen-bond acceptors (Lipinski definition) is 3. The van der Waals surface area contributed by atoms with Crippen LogP contribution >= 0.6 is 0 Å². The van der Waals surface area contributed by atoms with Gasteiger partial charge in [-0.15, -0.1) is 0 Å². The number of likely N-dealkylation sites (tertiary alicyclic amines) is 2. The fourth-order valence-corrected chi connectivity index (χ4v) is 3.00. The first kappa shape index (κ1) is 10.1. The summed E-state index contributed by atoms with van der Waals surface area (Å²) in [6.45, 7) is 4.12. The third-order valence-electron chi connectivity index (χ3n) is 3.76. The van der Waals surface area contributed by atoms with Crippen LogP contribution in [0.15, 0.2) is 0 Å². The molecule has 2 aliphatic heterocycles. The van der Waals surface area contributed by atoms with Gasteiger partial charge in [-0.1, -0.05) is 0 Å². The van der Waals surface area contributed by atoms with E-state index in [-0.39, 0.29) is 0 Å². The van der Waals surface area contributed by atoms with E-state index in [4.69, 9.17) is 0 Å². The molecule has 3 heteroatoms. The second-order valence-electron chi connectivity index (χ2n) is 4.67. The van der Waals surface area contributed by atoms with Crippen LogP contribution in [0.4, 0.5) is 0 Å². The van der Waals surface area contributed by atoms with Crippen LogP contribution < -0.4 is 0 Å². The zero-order valence-corrected chi connectivity index (χ0v) is 8.98. The van der Waals surface area contributed by atoms with Crippen molar-refractivity contribution in [3.63, 3.8) is 0 Å². The van der Waals surface area contributed by atoms with E-state index in [1.165, 1.54) is 25.8 Å². The van der Waals surface area contributed by atoms with Crippen molar-refractivity contribution in [3.8, 4) is 0 Å². The molecule has 0 radical (unpaired) electrons. The summed E-state index contributed by atoms with van der Waals surface area (Å²) in [6, 6.07) is 0.784. The minimum absolute atomic E-state index is 0.632. The van der Waals surface area contributed by atoms with Crippen LogP contribution in [0.3, 0.4) is 0 Å². The zero-order chi connectivity index (χ0) is 9.97. The van der Waals surface area contributed by atoms with Gasteiger partial charge in [0.25, 0.3) is 0 Å². The van der Waals surface area contributed by atoms with E-state index in [1.54, 1.807) is 0 Å². The molecule has 2 atom stereocenters. The Balaban J connectivity index is 1.92. The number of carbonyl (C=O) groups is 1. The Morgan fingerprint density at radius 1 is 1.36 bits per heavy atom. The molecule has 2 aliphatic rings. The molecule has 0 amide bonds. The standard InChI is InChI=1S/C11H20N2O/c1-12-5-2-3-10-9-13(7-8-14)6-4-11(10)12/h8,10-11H,2-7,9H2,1H3. The Bertz CT molecular complexity index is 207. The molecule has 0 N–H and O–H groups in total. The molecule has 2 heterocycles. The SMILES string of the molecule is CN1CCCC2CN(CC=O)CCC21. The van der Waals surface area contributed by atoms with Gasteiger partial charge < -0.3 is 9.69 Å². The smallest absolute Gasteiger partial charge is 0.133 e. The first-order valence-electron chi connectivity index (χ1n) is 5.67. The molecule has 0 aliphatic carbocycles. The van der Waals surface area contributed by atoms with Crippen molar-refractivity contribution < 1.29 is 4.79 Å². The topological polar surface area (TPSA) is 23.6 Å². The molecular formula is C11H20N2O. The van der Waals surface area contributed by atoms with Crippen LogP contribution in [0.5, 0.6) is 0 Å². The fourth-order valence-electron chi connectivity index (χ4n) is 3.00. The number of fused-ring (bicyclic) bond motifs is 1. The molecule has 0 aromatic carbocycles. The van der Waals surface area contributed by atoms with E-state index in [2.05, 4.69) is 16.8 Å². The van der Waals surface area contributed by atoms with E-state index in [0.29, 0.717) is 6.54 Å². The minimum atomic E-state index is 0.632. The molecule has 0 spiro atoms. The van der Waals surface area contributed by atoms with Crippen LogP contribution in [0, 0.1) is 5.92 Å². The van der Waals surface area contributed by atoms with Crippen molar-refractivity contribution in [1.29, 1.82) is 0 Å². The van der Waals surface area contributed by atoms with Crippen molar-refractivity contribution >= 4 is 6.29 Å². The number of rotatable bonds is 2. The van der Waals surface area contributed by atoms with Crippen molar-refractivity contribution in [2.24, 2.45) is 5.92 Å². The largest absolute Gasteiger partial charge is 0.303 e. The Hall–Kier alpha value is -0.410. The van der Waals surface area contributed by atoms with E-state index in [9.17, 15) is 4.79 Å². The molecule has 2 unspecified atom stereocenters. The van der Waals surface area contributed by atoms with Crippen LogP contribution in [0.1, 0.15) is 19.3 Å². The summed E-state index contributed by atoms with van der Waals surface area (Å²) in [5, 5.41) is 0. The highest BCUT2D eigenvalue weighted by Gasteiger charge is 2.33. The van der Waals surface area contributed by atoms with Crippen molar-refractivity contribution in [2.75, 3.05) is 33.2 Å². The van der Waals surface area contributed by atoms with Crippen molar-refractivity contribution in [1.82, 2.24) is 9.80 Å². The molecule has 0 aromatic heterocycles. The summed E-state index contributed by atoms with van der Waals surface area (Å²) < 4.78 is 0. The normalized spacial score (nSPS) is 35.2. The van der Waals surface area contributed by atoms with Crippen molar-refractivity contribution in [3.05, 3.63) is 0 Å². The summed E-state index contributed by atoms with van der Waals surface area (Å²) in [7, 11) is 2.24. The molecule has 2 rings (SSSR count). The predicted molar refractivity (Wildman–Crippen MR) is 56.3 cm³/mol. The molecule has 2 saturated heterocycles. The highest BCUT2D eigenvalue weighted by molar-refractivity contribution is 5.52. The van der Waals surface area contributed by atoms with E-state index in [1.807, 2.05) is 0 Å². The quantitative estimate of drug-likeness (QED) is 0.604.